The summed E-state index contributed by atoms with van der Waals surface area (Å²) in [5.41, 5.74) is 1.94. The van der Waals surface area contributed by atoms with E-state index in [1.807, 2.05) is 6.07 Å². The van der Waals surface area contributed by atoms with Crippen molar-refractivity contribution in [3.05, 3.63) is 66.3 Å². The number of hydrogen-bond donors (Lipinski definition) is 1. The predicted molar refractivity (Wildman–Crippen MR) is 101 cm³/mol. The number of halogens is 1. The molecule has 10 heteroatoms. The van der Waals surface area contributed by atoms with Gasteiger partial charge in [-0.1, -0.05) is 16.8 Å². The summed E-state index contributed by atoms with van der Waals surface area (Å²) in [6, 6.07) is 8.75. The van der Waals surface area contributed by atoms with Crippen molar-refractivity contribution in [3.8, 4) is 17.1 Å². The lowest BCUT2D eigenvalue weighted by molar-refractivity contribution is -0.116. The fourth-order valence-corrected chi connectivity index (χ4v) is 2.71. The first-order valence-electron chi connectivity index (χ1n) is 8.36. The zero-order valence-electron chi connectivity index (χ0n) is 14.5. The van der Waals surface area contributed by atoms with Crippen LogP contribution in [0.1, 0.15) is 12.3 Å². The lowest BCUT2D eigenvalue weighted by atomic mass is 10.2. The Kier molecular flexibility index (Phi) is 5.07. The van der Waals surface area contributed by atoms with E-state index in [4.69, 9.17) is 16.1 Å². The molecule has 4 aromatic rings. The van der Waals surface area contributed by atoms with Crippen LogP contribution in [-0.4, -0.2) is 35.8 Å². The standard InChI is InChI=1S/C18H14ClN7O2/c19-13-3-4-15(26-11-21-10-22-26)14(8-13)23-16(27)5-6-17-24-18(25-28-17)12-2-1-7-20-9-12/h1-4,7-11H,5-6H2,(H,23,27). The van der Waals surface area contributed by atoms with E-state index < -0.39 is 0 Å². The molecule has 0 saturated heterocycles. The molecule has 1 N–H and O–H groups in total. The molecule has 0 unspecified atom stereocenters. The Labute approximate surface area is 164 Å². The van der Waals surface area contributed by atoms with Gasteiger partial charge < -0.3 is 9.84 Å². The number of carbonyl (C=O) groups excluding carboxylic acids is 1. The molecule has 28 heavy (non-hydrogen) atoms. The van der Waals surface area contributed by atoms with E-state index in [9.17, 15) is 4.79 Å². The zero-order chi connectivity index (χ0) is 19.3. The Balaban J connectivity index is 1.42. The zero-order valence-corrected chi connectivity index (χ0v) is 15.2. The Morgan fingerprint density at radius 2 is 2.18 bits per heavy atom. The number of rotatable bonds is 6. The van der Waals surface area contributed by atoms with Crippen LogP contribution in [0, 0.1) is 0 Å². The van der Waals surface area contributed by atoms with Crippen molar-refractivity contribution in [1.29, 1.82) is 0 Å². The maximum atomic E-state index is 12.4. The van der Waals surface area contributed by atoms with Crippen LogP contribution in [0.4, 0.5) is 5.69 Å². The fourth-order valence-electron chi connectivity index (χ4n) is 2.54. The van der Waals surface area contributed by atoms with Crippen LogP contribution < -0.4 is 5.32 Å². The molecule has 0 atom stereocenters. The van der Waals surface area contributed by atoms with E-state index in [1.165, 1.54) is 12.7 Å². The lowest BCUT2D eigenvalue weighted by Gasteiger charge is -2.11. The highest BCUT2D eigenvalue weighted by Gasteiger charge is 2.13. The van der Waals surface area contributed by atoms with Gasteiger partial charge in [0, 0.05) is 35.8 Å². The van der Waals surface area contributed by atoms with E-state index in [2.05, 4.69) is 30.5 Å². The molecular formula is C18H14ClN7O2. The summed E-state index contributed by atoms with van der Waals surface area (Å²) in [7, 11) is 0. The number of nitrogens with zero attached hydrogens (tertiary/aromatic N) is 6. The largest absolute Gasteiger partial charge is 0.339 e. The molecule has 0 bridgehead atoms. The molecule has 1 amide bonds. The van der Waals surface area contributed by atoms with Crippen LogP contribution in [0.3, 0.4) is 0 Å². The van der Waals surface area contributed by atoms with Crippen LogP contribution >= 0.6 is 11.6 Å². The number of hydrogen-bond acceptors (Lipinski definition) is 7. The monoisotopic (exact) mass is 395 g/mol. The second-order valence-electron chi connectivity index (χ2n) is 5.80. The summed E-state index contributed by atoms with van der Waals surface area (Å²) >= 11 is 6.06. The fraction of sp³-hybridized carbons (Fsp3) is 0.111. The Morgan fingerprint density at radius 1 is 1.25 bits per heavy atom. The second kappa shape index (κ2) is 7.97. The van der Waals surface area contributed by atoms with Crippen molar-refractivity contribution in [2.45, 2.75) is 12.8 Å². The summed E-state index contributed by atoms with van der Waals surface area (Å²) in [4.78, 5) is 24.6. The number of anilines is 1. The summed E-state index contributed by atoms with van der Waals surface area (Å²) < 4.78 is 6.75. The van der Waals surface area contributed by atoms with Crippen molar-refractivity contribution >= 4 is 23.2 Å². The highest BCUT2D eigenvalue weighted by Crippen LogP contribution is 2.24. The molecule has 3 heterocycles. The average molecular weight is 396 g/mol. The molecule has 0 aliphatic carbocycles. The number of nitrogens with one attached hydrogen (secondary N) is 1. The van der Waals surface area contributed by atoms with Gasteiger partial charge in [0.05, 0.1) is 11.4 Å². The Bertz CT molecular complexity index is 1080. The average Bonchev–Trinajstić information content (AvgIpc) is 3.39. The normalized spacial score (nSPS) is 10.8. The van der Waals surface area contributed by atoms with Gasteiger partial charge in [0.2, 0.25) is 17.6 Å². The molecule has 0 spiro atoms. The SMILES string of the molecule is O=C(CCc1nc(-c2cccnc2)no1)Nc1cc(Cl)ccc1-n1cncn1. The first kappa shape index (κ1) is 17.8. The molecule has 0 fully saturated rings. The molecule has 140 valence electrons. The maximum absolute atomic E-state index is 12.4. The highest BCUT2D eigenvalue weighted by atomic mass is 35.5. The minimum atomic E-state index is -0.218. The quantitative estimate of drug-likeness (QED) is 0.534. The third-order valence-corrected chi connectivity index (χ3v) is 4.09. The first-order valence-corrected chi connectivity index (χ1v) is 8.74. The van der Waals surface area contributed by atoms with E-state index in [1.54, 1.807) is 41.3 Å². The number of pyridine rings is 1. The van der Waals surface area contributed by atoms with Gasteiger partial charge in [-0.3, -0.25) is 9.78 Å². The summed E-state index contributed by atoms with van der Waals surface area (Å²) in [5, 5.41) is 11.3. The van der Waals surface area contributed by atoms with Crippen molar-refractivity contribution in [2.75, 3.05) is 5.32 Å². The molecule has 1 aromatic carbocycles. The van der Waals surface area contributed by atoms with Crippen molar-refractivity contribution < 1.29 is 9.32 Å². The van der Waals surface area contributed by atoms with E-state index in [-0.39, 0.29) is 12.3 Å². The molecule has 0 saturated carbocycles. The summed E-state index contributed by atoms with van der Waals surface area (Å²) in [6.07, 6.45) is 6.73. The molecule has 3 aromatic heterocycles. The molecule has 0 aliphatic heterocycles. The molecule has 4 rings (SSSR count). The Morgan fingerprint density at radius 3 is 2.96 bits per heavy atom. The third kappa shape index (κ3) is 4.04. The van der Waals surface area contributed by atoms with Gasteiger partial charge in [0.25, 0.3) is 0 Å². The molecular weight excluding hydrogens is 382 g/mol. The molecule has 9 nitrogen and oxygen atoms in total. The minimum absolute atomic E-state index is 0.165. The van der Waals surface area contributed by atoms with Crippen LogP contribution in [-0.2, 0) is 11.2 Å². The first-order chi connectivity index (χ1) is 13.7. The number of amides is 1. The minimum Gasteiger partial charge on any atom is -0.339 e. The summed E-state index contributed by atoms with van der Waals surface area (Å²) in [5.74, 6) is 0.591. The van der Waals surface area contributed by atoms with Crippen molar-refractivity contribution in [3.63, 3.8) is 0 Å². The predicted octanol–water partition coefficient (Wildman–Crippen LogP) is 2.94. The van der Waals surface area contributed by atoms with Gasteiger partial charge in [-0.25, -0.2) is 9.67 Å². The number of benzene rings is 1. The van der Waals surface area contributed by atoms with Crippen LogP contribution in [0.25, 0.3) is 17.1 Å². The second-order valence-corrected chi connectivity index (χ2v) is 6.24. The van der Waals surface area contributed by atoms with Crippen LogP contribution in [0.2, 0.25) is 5.02 Å². The van der Waals surface area contributed by atoms with E-state index in [0.29, 0.717) is 34.5 Å². The molecule has 0 aliphatic rings. The molecule has 0 radical (unpaired) electrons. The van der Waals surface area contributed by atoms with Crippen molar-refractivity contribution in [2.24, 2.45) is 0 Å². The third-order valence-electron chi connectivity index (χ3n) is 3.85. The van der Waals surface area contributed by atoms with Gasteiger partial charge >= 0.3 is 0 Å². The topological polar surface area (TPSA) is 112 Å². The van der Waals surface area contributed by atoms with E-state index in [0.717, 1.165) is 5.56 Å². The number of carbonyl (C=O) groups is 1. The van der Waals surface area contributed by atoms with Crippen molar-refractivity contribution in [1.82, 2.24) is 29.9 Å². The highest BCUT2D eigenvalue weighted by molar-refractivity contribution is 6.31. The summed E-state index contributed by atoms with van der Waals surface area (Å²) in [6.45, 7) is 0. The van der Waals surface area contributed by atoms with Crippen LogP contribution in [0.5, 0.6) is 0 Å². The van der Waals surface area contributed by atoms with Gasteiger partial charge in [-0.15, -0.1) is 0 Å². The Hall–Kier alpha value is -3.59. The number of aryl methyl sites for hydroxylation is 1. The van der Waals surface area contributed by atoms with Crippen LogP contribution in [0.15, 0.2) is 59.9 Å². The van der Waals surface area contributed by atoms with Gasteiger partial charge in [-0.2, -0.15) is 10.1 Å². The van der Waals surface area contributed by atoms with E-state index >= 15 is 0 Å². The van der Waals surface area contributed by atoms with Gasteiger partial charge in [0.1, 0.15) is 12.7 Å². The maximum Gasteiger partial charge on any atom is 0.227 e. The van der Waals surface area contributed by atoms with Gasteiger partial charge in [-0.05, 0) is 30.3 Å². The van der Waals surface area contributed by atoms with Gasteiger partial charge in [0.15, 0.2) is 0 Å². The smallest absolute Gasteiger partial charge is 0.227 e. The lowest BCUT2D eigenvalue weighted by Crippen LogP contribution is -2.14. The number of aromatic nitrogens is 6.